The highest BCUT2D eigenvalue weighted by molar-refractivity contribution is 6.30. The van der Waals surface area contributed by atoms with E-state index < -0.39 is 6.10 Å². The molecule has 1 atom stereocenters. The van der Waals surface area contributed by atoms with Crippen LogP contribution in [0.5, 0.6) is 5.75 Å². The number of aliphatic hydroxyl groups excluding tert-OH is 1. The van der Waals surface area contributed by atoms with Gasteiger partial charge in [0.05, 0.1) is 6.10 Å². The number of carbonyl (C=O) groups is 1. The van der Waals surface area contributed by atoms with Gasteiger partial charge in [0.25, 0.3) is 5.91 Å². The minimum atomic E-state index is -0.693. The van der Waals surface area contributed by atoms with Gasteiger partial charge in [-0.25, -0.2) is 0 Å². The fourth-order valence-corrected chi connectivity index (χ4v) is 2.64. The monoisotopic (exact) mass is 297 g/mol. The van der Waals surface area contributed by atoms with Crippen LogP contribution < -0.4 is 10.1 Å². The molecule has 2 rings (SSSR count). The Morgan fingerprint density at radius 1 is 1.50 bits per heavy atom. The Balaban J connectivity index is 1.91. The van der Waals surface area contributed by atoms with Gasteiger partial charge < -0.3 is 15.2 Å². The van der Waals surface area contributed by atoms with E-state index in [0.717, 1.165) is 12.8 Å². The molecule has 0 saturated heterocycles. The molecule has 1 aliphatic rings. The molecule has 1 saturated carbocycles. The minimum absolute atomic E-state index is 0.0438. The van der Waals surface area contributed by atoms with Crippen LogP contribution in [0.25, 0.3) is 0 Å². The van der Waals surface area contributed by atoms with Gasteiger partial charge in [0, 0.05) is 16.6 Å². The smallest absolute Gasteiger partial charge is 0.258 e. The van der Waals surface area contributed by atoms with Gasteiger partial charge in [0.2, 0.25) is 0 Å². The molecule has 2 N–H and O–H groups in total. The molecule has 4 nitrogen and oxygen atoms in total. The second kappa shape index (κ2) is 6.95. The van der Waals surface area contributed by atoms with Crippen molar-refractivity contribution in [2.24, 2.45) is 0 Å². The first-order valence-corrected chi connectivity index (χ1v) is 7.33. The van der Waals surface area contributed by atoms with Gasteiger partial charge in [-0.1, -0.05) is 24.4 Å². The molecule has 0 aromatic heterocycles. The number of halogens is 1. The molecule has 20 heavy (non-hydrogen) atoms. The van der Waals surface area contributed by atoms with Crippen LogP contribution in [0.1, 0.15) is 44.3 Å². The molecular formula is C15H20ClNO3. The third kappa shape index (κ3) is 4.12. The van der Waals surface area contributed by atoms with E-state index in [2.05, 4.69) is 5.32 Å². The van der Waals surface area contributed by atoms with Crippen molar-refractivity contribution in [2.75, 3.05) is 6.61 Å². The number of rotatable bonds is 5. The summed E-state index contributed by atoms with van der Waals surface area (Å²) in [5.41, 5.74) is 0.589. The SMILES string of the molecule is C[C@@H](O)c1cc(Cl)ccc1OCC(=O)NC1CCCC1. The zero-order chi connectivity index (χ0) is 14.5. The lowest BCUT2D eigenvalue weighted by Gasteiger charge is -2.15. The predicted octanol–water partition coefficient (Wildman–Crippen LogP) is 2.83. The van der Waals surface area contributed by atoms with E-state index in [1.54, 1.807) is 25.1 Å². The number of benzene rings is 1. The van der Waals surface area contributed by atoms with Crippen LogP contribution >= 0.6 is 11.6 Å². The average molecular weight is 298 g/mol. The first kappa shape index (κ1) is 15.1. The lowest BCUT2D eigenvalue weighted by Crippen LogP contribution is -2.36. The Bertz CT molecular complexity index is 470. The summed E-state index contributed by atoms with van der Waals surface area (Å²) in [6, 6.07) is 5.29. The Morgan fingerprint density at radius 3 is 2.85 bits per heavy atom. The van der Waals surface area contributed by atoms with Crippen molar-refractivity contribution >= 4 is 17.5 Å². The van der Waals surface area contributed by atoms with Crippen LogP contribution in [-0.4, -0.2) is 23.7 Å². The zero-order valence-corrected chi connectivity index (χ0v) is 12.3. The van der Waals surface area contributed by atoms with Crippen molar-refractivity contribution in [3.8, 4) is 5.75 Å². The summed E-state index contributed by atoms with van der Waals surface area (Å²) >= 11 is 5.89. The van der Waals surface area contributed by atoms with Crippen molar-refractivity contribution in [1.82, 2.24) is 5.32 Å². The molecule has 1 amide bonds. The van der Waals surface area contributed by atoms with E-state index in [9.17, 15) is 9.90 Å². The van der Waals surface area contributed by atoms with Crippen LogP contribution in [0.15, 0.2) is 18.2 Å². The van der Waals surface area contributed by atoms with Crippen LogP contribution in [-0.2, 0) is 4.79 Å². The van der Waals surface area contributed by atoms with Crippen molar-refractivity contribution in [1.29, 1.82) is 0 Å². The predicted molar refractivity (Wildman–Crippen MR) is 78.0 cm³/mol. The highest BCUT2D eigenvalue weighted by Gasteiger charge is 2.18. The van der Waals surface area contributed by atoms with Crippen LogP contribution in [0.3, 0.4) is 0 Å². The molecule has 0 aliphatic heterocycles. The van der Waals surface area contributed by atoms with Gasteiger partial charge in [-0.2, -0.15) is 0 Å². The van der Waals surface area contributed by atoms with Crippen LogP contribution in [0.4, 0.5) is 0 Å². The number of hydrogen-bond acceptors (Lipinski definition) is 3. The summed E-state index contributed by atoms with van der Waals surface area (Å²) in [6.07, 6.45) is 3.75. The van der Waals surface area contributed by atoms with Gasteiger partial charge in [0.1, 0.15) is 5.75 Å². The number of aliphatic hydroxyl groups is 1. The maximum Gasteiger partial charge on any atom is 0.258 e. The Morgan fingerprint density at radius 2 is 2.20 bits per heavy atom. The van der Waals surface area contributed by atoms with Crippen molar-refractivity contribution < 1.29 is 14.6 Å². The fourth-order valence-electron chi connectivity index (χ4n) is 2.46. The first-order chi connectivity index (χ1) is 9.56. The summed E-state index contributed by atoms with van der Waals surface area (Å²) < 4.78 is 5.49. The zero-order valence-electron chi connectivity index (χ0n) is 11.6. The van der Waals surface area contributed by atoms with E-state index >= 15 is 0 Å². The van der Waals surface area contributed by atoms with E-state index in [-0.39, 0.29) is 18.6 Å². The first-order valence-electron chi connectivity index (χ1n) is 6.96. The van der Waals surface area contributed by atoms with Crippen molar-refractivity contribution in [3.63, 3.8) is 0 Å². The normalized spacial score (nSPS) is 16.9. The quantitative estimate of drug-likeness (QED) is 0.878. The second-order valence-corrected chi connectivity index (χ2v) is 5.63. The Kier molecular flexibility index (Phi) is 5.26. The topological polar surface area (TPSA) is 58.6 Å². The van der Waals surface area contributed by atoms with Crippen molar-refractivity contribution in [2.45, 2.75) is 44.8 Å². The highest BCUT2D eigenvalue weighted by Crippen LogP contribution is 2.28. The van der Waals surface area contributed by atoms with E-state index in [1.165, 1.54) is 12.8 Å². The maximum atomic E-state index is 11.8. The standard InChI is InChI=1S/C15H20ClNO3/c1-10(18)13-8-11(16)6-7-14(13)20-9-15(19)17-12-4-2-3-5-12/h6-8,10,12,18H,2-5,9H2,1H3,(H,17,19)/t10-/m1/s1. The highest BCUT2D eigenvalue weighted by atomic mass is 35.5. The van der Waals surface area contributed by atoms with Crippen LogP contribution in [0, 0.1) is 0 Å². The molecule has 0 heterocycles. The Labute approximate surface area is 124 Å². The molecule has 1 fully saturated rings. The van der Waals surface area contributed by atoms with Gasteiger partial charge >= 0.3 is 0 Å². The molecule has 0 spiro atoms. The number of carbonyl (C=O) groups excluding carboxylic acids is 1. The number of nitrogens with one attached hydrogen (secondary N) is 1. The molecule has 1 aromatic rings. The lowest BCUT2D eigenvalue weighted by molar-refractivity contribution is -0.123. The molecule has 110 valence electrons. The third-order valence-corrected chi connectivity index (χ3v) is 3.74. The van der Waals surface area contributed by atoms with Gasteiger partial charge in [-0.3, -0.25) is 4.79 Å². The summed E-state index contributed by atoms with van der Waals surface area (Å²) in [5.74, 6) is 0.370. The molecule has 0 bridgehead atoms. The van der Waals surface area contributed by atoms with Gasteiger partial charge in [-0.15, -0.1) is 0 Å². The summed E-state index contributed by atoms with van der Waals surface area (Å²) in [6.45, 7) is 1.59. The molecule has 1 aromatic carbocycles. The summed E-state index contributed by atoms with van der Waals surface area (Å²) in [5, 5.41) is 13.2. The molecule has 1 aliphatic carbocycles. The maximum absolute atomic E-state index is 11.8. The van der Waals surface area contributed by atoms with Crippen molar-refractivity contribution in [3.05, 3.63) is 28.8 Å². The molecule has 0 radical (unpaired) electrons. The van der Waals surface area contributed by atoms with Gasteiger partial charge in [-0.05, 0) is 38.0 Å². The number of hydrogen-bond donors (Lipinski definition) is 2. The third-order valence-electron chi connectivity index (χ3n) is 3.50. The van der Waals surface area contributed by atoms with E-state index in [0.29, 0.717) is 16.3 Å². The average Bonchev–Trinajstić information content (AvgIpc) is 2.90. The molecule has 5 heteroatoms. The Hall–Kier alpha value is -1.26. The second-order valence-electron chi connectivity index (χ2n) is 5.20. The van der Waals surface area contributed by atoms with E-state index in [4.69, 9.17) is 16.3 Å². The van der Waals surface area contributed by atoms with Crippen LogP contribution in [0.2, 0.25) is 5.02 Å². The molecule has 0 unspecified atom stereocenters. The number of amides is 1. The van der Waals surface area contributed by atoms with E-state index in [1.807, 2.05) is 0 Å². The largest absolute Gasteiger partial charge is 0.483 e. The summed E-state index contributed by atoms with van der Waals surface area (Å²) in [4.78, 5) is 11.8. The fraction of sp³-hybridized carbons (Fsp3) is 0.533. The summed E-state index contributed by atoms with van der Waals surface area (Å²) in [7, 11) is 0. The molecular weight excluding hydrogens is 278 g/mol. The minimum Gasteiger partial charge on any atom is -0.483 e. The van der Waals surface area contributed by atoms with Gasteiger partial charge in [0.15, 0.2) is 6.61 Å². The lowest BCUT2D eigenvalue weighted by atomic mass is 10.1. The number of ether oxygens (including phenoxy) is 1.